The number of nitrogens with one attached hydrogen (secondary N) is 1. The molecule has 0 fully saturated rings. The predicted molar refractivity (Wildman–Crippen MR) is 82.9 cm³/mol. The Morgan fingerprint density at radius 2 is 2.21 bits per heavy atom. The van der Waals surface area contributed by atoms with E-state index in [0.29, 0.717) is 0 Å². The van der Waals surface area contributed by atoms with Crippen LogP contribution >= 0.6 is 22.7 Å². The van der Waals surface area contributed by atoms with E-state index in [1.807, 2.05) is 24.4 Å². The van der Waals surface area contributed by atoms with Crippen LogP contribution in [0.4, 0.5) is 10.8 Å². The Morgan fingerprint density at radius 1 is 1.32 bits per heavy atom. The van der Waals surface area contributed by atoms with Crippen molar-refractivity contribution in [3.63, 3.8) is 0 Å². The summed E-state index contributed by atoms with van der Waals surface area (Å²) in [6.07, 6.45) is 2.98. The first kappa shape index (κ1) is 12.4. The van der Waals surface area contributed by atoms with Crippen LogP contribution in [0.25, 0.3) is 10.2 Å². The maximum Gasteiger partial charge on any atom is 0.184 e. The molecule has 0 spiro atoms. The van der Waals surface area contributed by atoms with Crippen LogP contribution in [-0.4, -0.2) is 9.97 Å². The monoisotopic (exact) mass is 290 g/mol. The van der Waals surface area contributed by atoms with E-state index < -0.39 is 0 Å². The van der Waals surface area contributed by atoms with E-state index >= 15 is 0 Å². The van der Waals surface area contributed by atoms with E-state index in [1.165, 1.54) is 4.88 Å². The fourth-order valence-corrected chi connectivity index (χ4v) is 3.47. The molecule has 3 N–H and O–H groups in total. The molecule has 0 saturated carbocycles. The maximum atomic E-state index is 5.77. The minimum atomic E-state index is 0.722. The lowest BCUT2D eigenvalue weighted by Gasteiger charge is -1.97. The van der Waals surface area contributed by atoms with Crippen molar-refractivity contribution in [1.29, 1.82) is 0 Å². The lowest BCUT2D eigenvalue weighted by molar-refractivity contribution is 1.09. The molecule has 1 aromatic carbocycles. The Labute approximate surface area is 119 Å². The smallest absolute Gasteiger partial charge is 0.184 e. The molecule has 0 aliphatic rings. The van der Waals surface area contributed by atoms with Gasteiger partial charge in [-0.05, 0) is 24.6 Å². The fourth-order valence-electron chi connectivity index (χ4n) is 1.76. The van der Waals surface area contributed by atoms with E-state index in [0.717, 1.165) is 39.0 Å². The van der Waals surface area contributed by atoms with Gasteiger partial charge in [0, 0.05) is 16.8 Å². The summed E-state index contributed by atoms with van der Waals surface area (Å²) in [7, 11) is 0. The second-order valence-corrected chi connectivity index (χ2v) is 6.40. The van der Waals surface area contributed by atoms with Crippen molar-refractivity contribution in [3.8, 4) is 0 Å². The zero-order chi connectivity index (χ0) is 13.2. The van der Waals surface area contributed by atoms with Gasteiger partial charge in [-0.15, -0.1) is 11.3 Å². The molecule has 0 bridgehead atoms. The summed E-state index contributed by atoms with van der Waals surface area (Å²) in [6.45, 7) is 2.86. The van der Waals surface area contributed by atoms with Gasteiger partial charge >= 0.3 is 0 Å². The highest BCUT2D eigenvalue weighted by Crippen LogP contribution is 2.28. The summed E-state index contributed by atoms with van der Waals surface area (Å²) in [4.78, 5) is 10.2. The Hall–Kier alpha value is -1.66. The van der Waals surface area contributed by atoms with Crippen LogP contribution in [0.5, 0.6) is 0 Å². The SMILES string of the molecule is CCc1cnc(CNc2nc3ccc(N)cc3s2)s1. The predicted octanol–water partition coefficient (Wildman–Crippen LogP) is 3.51. The molecule has 98 valence electrons. The van der Waals surface area contributed by atoms with Crippen LogP contribution in [0.15, 0.2) is 24.4 Å². The van der Waals surface area contributed by atoms with Gasteiger partial charge in [-0.2, -0.15) is 0 Å². The van der Waals surface area contributed by atoms with Crippen molar-refractivity contribution in [2.24, 2.45) is 0 Å². The summed E-state index contributed by atoms with van der Waals surface area (Å²) in [5, 5.41) is 5.33. The normalized spacial score (nSPS) is 11.0. The number of nitrogens with zero attached hydrogens (tertiary/aromatic N) is 2. The van der Waals surface area contributed by atoms with Gasteiger partial charge in [-0.1, -0.05) is 18.3 Å². The standard InChI is InChI=1S/C13H14N4S2/c1-2-9-6-15-12(18-9)7-16-13-17-10-4-3-8(14)5-11(10)19-13/h3-6H,2,7,14H2,1H3,(H,16,17). The van der Waals surface area contributed by atoms with Crippen LogP contribution in [0, 0.1) is 0 Å². The van der Waals surface area contributed by atoms with Crippen LogP contribution in [-0.2, 0) is 13.0 Å². The molecule has 2 heterocycles. The van der Waals surface area contributed by atoms with Crippen molar-refractivity contribution in [2.75, 3.05) is 11.1 Å². The molecule has 19 heavy (non-hydrogen) atoms. The van der Waals surface area contributed by atoms with Crippen LogP contribution < -0.4 is 11.1 Å². The lowest BCUT2D eigenvalue weighted by atomic mass is 10.3. The molecule has 6 heteroatoms. The van der Waals surface area contributed by atoms with E-state index in [-0.39, 0.29) is 0 Å². The molecule has 3 aromatic rings. The molecule has 0 radical (unpaired) electrons. The quantitative estimate of drug-likeness (QED) is 0.722. The molecule has 0 saturated heterocycles. The van der Waals surface area contributed by atoms with Gasteiger partial charge in [-0.3, -0.25) is 0 Å². The molecular weight excluding hydrogens is 276 g/mol. The molecule has 2 aromatic heterocycles. The second kappa shape index (κ2) is 5.14. The largest absolute Gasteiger partial charge is 0.399 e. The summed E-state index contributed by atoms with van der Waals surface area (Å²) in [5.41, 5.74) is 7.52. The number of aryl methyl sites for hydroxylation is 1. The van der Waals surface area contributed by atoms with Gasteiger partial charge in [0.05, 0.1) is 16.8 Å². The minimum Gasteiger partial charge on any atom is -0.399 e. The first-order chi connectivity index (χ1) is 9.24. The number of hydrogen-bond donors (Lipinski definition) is 2. The number of fused-ring (bicyclic) bond motifs is 1. The third kappa shape index (κ3) is 2.69. The van der Waals surface area contributed by atoms with Gasteiger partial charge in [-0.25, -0.2) is 9.97 Å². The van der Waals surface area contributed by atoms with Crippen molar-refractivity contribution < 1.29 is 0 Å². The highest BCUT2D eigenvalue weighted by molar-refractivity contribution is 7.22. The molecule has 0 aliphatic heterocycles. The average molecular weight is 290 g/mol. The maximum absolute atomic E-state index is 5.77. The molecule has 3 rings (SSSR count). The Morgan fingerprint density at radius 3 is 3.00 bits per heavy atom. The number of hydrogen-bond acceptors (Lipinski definition) is 6. The fraction of sp³-hybridized carbons (Fsp3) is 0.231. The number of nitrogens with two attached hydrogens (primary N) is 1. The number of nitrogen functional groups attached to an aromatic ring is 1. The zero-order valence-electron chi connectivity index (χ0n) is 10.5. The highest BCUT2D eigenvalue weighted by atomic mass is 32.1. The van der Waals surface area contributed by atoms with Crippen LogP contribution in [0.1, 0.15) is 16.8 Å². The molecule has 4 nitrogen and oxygen atoms in total. The van der Waals surface area contributed by atoms with E-state index in [9.17, 15) is 0 Å². The molecule has 0 amide bonds. The number of thiazole rings is 2. The number of aromatic nitrogens is 2. The summed E-state index contributed by atoms with van der Waals surface area (Å²) < 4.78 is 1.11. The minimum absolute atomic E-state index is 0.722. The first-order valence-corrected chi connectivity index (χ1v) is 7.71. The van der Waals surface area contributed by atoms with Crippen molar-refractivity contribution in [2.45, 2.75) is 19.9 Å². The van der Waals surface area contributed by atoms with E-state index in [4.69, 9.17) is 5.73 Å². The van der Waals surface area contributed by atoms with Gasteiger partial charge in [0.2, 0.25) is 0 Å². The van der Waals surface area contributed by atoms with Crippen molar-refractivity contribution in [3.05, 3.63) is 34.3 Å². The Bertz CT molecular complexity index is 702. The third-order valence-electron chi connectivity index (χ3n) is 2.75. The third-order valence-corrected chi connectivity index (χ3v) is 4.87. The van der Waals surface area contributed by atoms with Gasteiger partial charge < -0.3 is 11.1 Å². The number of benzene rings is 1. The molecule has 0 atom stereocenters. The lowest BCUT2D eigenvalue weighted by Crippen LogP contribution is -1.97. The van der Waals surface area contributed by atoms with Crippen molar-refractivity contribution in [1.82, 2.24) is 9.97 Å². The van der Waals surface area contributed by atoms with Crippen LogP contribution in [0.2, 0.25) is 0 Å². The van der Waals surface area contributed by atoms with Crippen LogP contribution in [0.3, 0.4) is 0 Å². The van der Waals surface area contributed by atoms with Gasteiger partial charge in [0.1, 0.15) is 5.01 Å². The highest BCUT2D eigenvalue weighted by Gasteiger charge is 2.05. The second-order valence-electron chi connectivity index (χ2n) is 4.17. The summed E-state index contributed by atoms with van der Waals surface area (Å²) in [6, 6.07) is 5.78. The van der Waals surface area contributed by atoms with Gasteiger partial charge in [0.25, 0.3) is 0 Å². The molecule has 0 aliphatic carbocycles. The average Bonchev–Trinajstić information content (AvgIpc) is 3.01. The Balaban J connectivity index is 1.74. The van der Waals surface area contributed by atoms with Gasteiger partial charge in [0.15, 0.2) is 5.13 Å². The van der Waals surface area contributed by atoms with Crippen molar-refractivity contribution >= 4 is 43.7 Å². The summed E-state index contributed by atoms with van der Waals surface area (Å²) in [5.74, 6) is 0. The van der Waals surface area contributed by atoms with E-state index in [2.05, 4.69) is 22.2 Å². The molecule has 0 unspecified atom stereocenters. The first-order valence-electron chi connectivity index (χ1n) is 6.08. The molecular formula is C13H14N4S2. The number of rotatable bonds is 4. The topological polar surface area (TPSA) is 63.8 Å². The zero-order valence-corrected chi connectivity index (χ0v) is 12.1. The number of anilines is 2. The summed E-state index contributed by atoms with van der Waals surface area (Å²) >= 11 is 3.36. The van der Waals surface area contributed by atoms with E-state index in [1.54, 1.807) is 22.7 Å². The Kier molecular flexibility index (Phi) is 3.35.